The molecule has 2 N–H and O–H groups in total. The maximum atomic E-state index is 12.5. The summed E-state index contributed by atoms with van der Waals surface area (Å²) in [6.45, 7) is 0.929. The fourth-order valence-corrected chi connectivity index (χ4v) is 1.89. The summed E-state index contributed by atoms with van der Waals surface area (Å²) in [5.41, 5.74) is 2.94. The number of hydrogen-bond acceptors (Lipinski definition) is 5. The van der Waals surface area contributed by atoms with Crippen LogP contribution < -0.4 is 20.2 Å². The van der Waals surface area contributed by atoms with Crippen LogP contribution in [0.5, 0.6) is 11.5 Å². The van der Waals surface area contributed by atoms with Gasteiger partial charge in [0.25, 0.3) is 0 Å². The van der Waals surface area contributed by atoms with Crippen molar-refractivity contribution < 1.29 is 23.0 Å². The van der Waals surface area contributed by atoms with E-state index in [4.69, 9.17) is 21.7 Å². The molecule has 6 nitrogen and oxygen atoms in total. The summed E-state index contributed by atoms with van der Waals surface area (Å²) in [7, 11) is 1.37. The number of nitrogens with one attached hydrogen (secondary N) is 2. The van der Waals surface area contributed by atoms with E-state index in [1.807, 2.05) is 6.92 Å². The molecule has 24 heavy (non-hydrogen) atoms. The van der Waals surface area contributed by atoms with Crippen LogP contribution in [0.3, 0.4) is 0 Å². The van der Waals surface area contributed by atoms with Gasteiger partial charge in [-0.15, -0.1) is 0 Å². The van der Waals surface area contributed by atoms with Crippen molar-refractivity contribution in [1.82, 2.24) is 10.7 Å². The second-order valence-corrected chi connectivity index (χ2v) is 4.84. The van der Waals surface area contributed by atoms with Gasteiger partial charge in [-0.3, -0.25) is 5.43 Å². The SMILES string of the molecule is CCOCCCNC(=S)N/N=C\c1cccc(OC)c1OC(F)F. The minimum Gasteiger partial charge on any atom is -0.493 e. The Morgan fingerprint density at radius 1 is 1.42 bits per heavy atom. The Morgan fingerprint density at radius 3 is 2.88 bits per heavy atom. The first kappa shape index (κ1) is 20.0. The Kier molecular flexibility index (Phi) is 9.62. The van der Waals surface area contributed by atoms with Crippen LogP contribution in [0.15, 0.2) is 23.3 Å². The Hall–Kier alpha value is -2.00. The van der Waals surface area contributed by atoms with Gasteiger partial charge in [0.1, 0.15) is 0 Å². The van der Waals surface area contributed by atoms with Gasteiger partial charge in [0.2, 0.25) is 0 Å². The number of para-hydroxylation sites is 1. The molecule has 134 valence electrons. The molecule has 1 aromatic carbocycles. The number of hydrazone groups is 1. The number of hydrogen-bond donors (Lipinski definition) is 2. The van der Waals surface area contributed by atoms with E-state index in [1.54, 1.807) is 12.1 Å². The normalized spacial score (nSPS) is 10.9. The van der Waals surface area contributed by atoms with Gasteiger partial charge in [0.05, 0.1) is 13.3 Å². The fraction of sp³-hybridized carbons (Fsp3) is 0.467. The molecule has 0 amide bonds. The largest absolute Gasteiger partial charge is 0.493 e. The Bertz CT molecular complexity index is 545. The summed E-state index contributed by atoms with van der Waals surface area (Å²) in [5.74, 6) is 0.104. The van der Waals surface area contributed by atoms with Gasteiger partial charge in [-0.25, -0.2) is 0 Å². The lowest BCUT2D eigenvalue weighted by Gasteiger charge is -2.12. The number of alkyl halides is 2. The van der Waals surface area contributed by atoms with E-state index in [9.17, 15) is 8.78 Å². The van der Waals surface area contributed by atoms with E-state index < -0.39 is 6.61 Å². The quantitative estimate of drug-likeness (QED) is 0.289. The van der Waals surface area contributed by atoms with Crippen LogP contribution in [0, 0.1) is 0 Å². The van der Waals surface area contributed by atoms with Crippen LogP contribution in [-0.2, 0) is 4.74 Å². The molecule has 0 atom stereocenters. The van der Waals surface area contributed by atoms with Crippen molar-refractivity contribution >= 4 is 23.5 Å². The highest BCUT2D eigenvalue weighted by atomic mass is 32.1. The van der Waals surface area contributed by atoms with E-state index in [0.717, 1.165) is 6.42 Å². The summed E-state index contributed by atoms with van der Waals surface area (Å²) in [6.07, 6.45) is 2.13. The van der Waals surface area contributed by atoms with Crippen molar-refractivity contribution in [2.75, 3.05) is 26.9 Å². The zero-order valence-corrected chi connectivity index (χ0v) is 14.4. The summed E-state index contributed by atoms with van der Waals surface area (Å²) in [5, 5.41) is 7.18. The second kappa shape index (κ2) is 11.5. The molecule has 0 saturated heterocycles. The predicted octanol–water partition coefficient (Wildman–Crippen LogP) is 2.52. The predicted molar refractivity (Wildman–Crippen MR) is 92.1 cm³/mol. The fourth-order valence-electron chi connectivity index (χ4n) is 1.73. The molecule has 0 aliphatic rings. The van der Waals surface area contributed by atoms with Crippen molar-refractivity contribution in [3.63, 3.8) is 0 Å². The number of thiocarbonyl (C=S) groups is 1. The highest BCUT2D eigenvalue weighted by molar-refractivity contribution is 7.80. The molecule has 0 bridgehead atoms. The molecule has 0 aliphatic heterocycles. The Morgan fingerprint density at radius 2 is 2.21 bits per heavy atom. The summed E-state index contributed by atoms with van der Waals surface area (Å²) in [6, 6.07) is 4.74. The molecule has 0 heterocycles. The van der Waals surface area contributed by atoms with E-state index >= 15 is 0 Å². The van der Waals surface area contributed by atoms with E-state index in [2.05, 4.69) is 20.6 Å². The van der Waals surface area contributed by atoms with Crippen LogP contribution in [0.2, 0.25) is 0 Å². The maximum Gasteiger partial charge on any atom is 0.387 e. The molecule has 0 radical (unpaired) electrons. The summed E-state index contributed by atoms with van der Waals surface area (Å²) >= 11 is 5.05. The third-order valence-corrected chi connectivity index (χ3v) is 3.00. The third kappa shape index (κ3) is 7.51. The number of ether oxygens (including phenoxy) is 3. The summed E-state index contributed by atoms with van der Waals surface area (Å²) < 4.78 is 39.7. The lowest BCUT2D eigenvalue weighted by Crippen LogP contribution is -2.33. The first-order chi connectivity index (χ1) is 11.6. The van der Waals surface area contributed by atoms with Gasteiger partial charge in [-0.2, -0.15) is 13.9 Å². The molecule has 0 spiro atoms. The lowest BCUT2D eigenvalue weighted by atomic mass is 10.2. The molecule has 1 rings (SSSR count). The molecule has 0 fully saturated rings. The van der Waals surface area contributed by atoms with Gasteiger partial charge < -0.3 is 19.5 Å². The number of methoxy groups -OCH3 is 1. The van der Waals surface area contributed by atoms with Crippen molar-refractivity contribution in [2.45, 2.75) is 20.0 Å². The lowest BCUT2D eigenvalue weighted by molar-refractivity contribution is -0.0513. The first-order valence-corrected chi connectivity index (χ1v) is 7.75. The highest BCUT2D eigenvalue weighted by Crippen LogP contribution is 2.31. The van der Waals surface area contributed by atoms with E-state index in [-0.39, 0.29) is 11.5 Å². The number of benzene rings is 1. The minimum atomic E-state index is -2.96. The topological polar surface area (TPSA) is 64.1 Å². The van der Waals surface area contributed by atoms with Crippen molar-refractivity contribution in [3.05, 3.63) is 23.8 Å². The molecule has 0 aliphatic carbocycles. The van der Waals surface area contributed by atoms with Gasteiger partial charge >= 0.3 is 6.61 Å². The van der Waals surface area contributed by atoms with Crippen molar-refractivity contribution in [1.29, 1.82) is 0 Å². The average Bonchev–Trinajstić information content (AvgIpc) is 2.55. The minimum absolute atomic E-state index is 0.0869. The van der Waals surface area contributed by atoms with Crippen LogP contribution in [0.4, 0.5) is 8.78 Å². The average molecular weight is 361 g/mol. The van der Waals surface area contributed by atoms with Gasteiger partial charge in [0, 0.05) is 25.3 Å². The van der Waals surface area contributed by atoms with E-state index in [0.29, 0.717) is 30.4 Å². The van der Waals surface area contributed by atoms with Gasteiger partial charge in [0.15, 0.2) is 16.6 Å². The molecule has 9 heteroatoms. The molecular formula is C15H21F2N3O3S. The zero-order chi connectivity index (χ0) is 17.8. The Balaban J connectivity index is 2.55. The first-order valence-electron chi connectivity index (χ1n) is 7.35. The molecule has 0 unspecified atom stereocenters. The Labute approximate surface area is 145 Å². The van der Waals surface area contributed by atoms with Crippen LogP contribution >= 0.6 is 12.2 Å². The smallest absolute Gasteiger partial charge is 0.387 e. The molecule has 0 saturated carbocycles. The van der Waals surface area contributed by atoms with Crippen LogP contribution in [0.25, 0.3) is 0 Å². The number of halogens is 2. The standard InChI is InChI=1S/C15H21F2N3O3S/c1-3-22-9-5-8-18-15(24)20-19-10-11-6-4-7-12(21-2)13(11)23-14(16)17/h4,6-7,10,14H,3,5,8-9H2,1-2H3,(H2,18,20,24)/b19-10-. The second-order valence-electron chi connectivity index (χ2n) is 4.43. The molecular weight excluding hydrogens is 340 g/mol. The highest BCUT2D eigenvalue weighted by Gasteiger charge is 2.14. The molecule has 0 aromatic heterocycles. The third-order valence-electron chi connectivity index (χ3n) is 2.76. The van der Waals surface area contributed by atoms with E-state index in [1.165, 1.54) is 19.4 Å². The van der Waals surface area contributed by atoms with Crippen LogP contribution in [-0.4, -0.2) is 44.8 Å². The molecule has 1 aromatic rings. The van der Waals surface area contributed by atoms with Gasteiger partial charge in [-0.05, 0) is 37.7 Å². The maximum absolute atomic E-state index is 12.5. The zero-order valence-electron chi connectivity index (χ0n) is 13.6. The summed E-state index contributed by atoms with van der Waals surface area (Å²) in [4.78, 5) is 0. The van der Waals surface area contributed by atoms with Crippen molar-refractivity contribution in [2.24, 2.45) is 5.10 Å². The number of nitrogens with zero attached hydrogens (tertiary/aromatic N) is 1. The monoisotopic (exact) mass is 361 g/mol. The van der Waals surface area contributed by atoms with Crippen molar-refractivity contribution in [3.8, 4) is 11.5 Å². The van der Waals surface area contributed by atoms with Gasteiger partial charge in [-0.1, -0.05) is 6.07 Å². The van der Waals surface area contributed by atoms with Crippen LogP contribution in [0.1, 0.15) is 18.9 Å². The number of rotatable bonds is 10.